The smallest absolute Gasteiger partial charge is 0.396 e. The Morgan fingerprint density at radius 2 is 2.00 bits per heavy atom. The van der Waals surface area contributed by atoms with Gasteiger partial charge in [0.2, 0.25) is 0 Å². The number of alkyl halides is 3. The first-order chi connectivity index (χ1) is 8.15. The van der Waals surface area contributed by atoms with Crippen LogP contribution in [-0.2, 0) is 6.18 Å². The Morgan fingerprint density at radius 3 is 2.50 bits per heavy atom. The fourth-order valence-corrected chi connectivity index (χ4v) is 1.51. The van der Waals surface area contributed by atoms with E-state index in [4.69, 9.17) is 5.11 Å². The van der Waals surface area contributed by atoms with Gasteiger partial charge in [-0.05, 0) is 22.0 Å². The highest BCUT2D eigenvalue weighted by atomic mass is 79.9. The maximum absolute atomic E-state index is 12.8. The van der Waals surface area contributed by atoms with Crippen molar-refractivity contribution in [2.75, 3.05) is 18.5 Å². The quantitative estimate of drug-likeness (QED) is 0.892. The van der Waals surface area contributed by atoms with Crippen LogP contribution in [0.2, 0.25) is 0 Å². The van der Waals surface area contributed by atoms with Gasteiger partial charge in [0.1, 0.15) is 5.82 Å². The molecule has 1 aromatic rings. The van der Waals surface area contributed by atoms with Crippen LogP contribution in [0.1, 0.15) is 19.4 Å². The summed E-state index contributed by atoms with van der Waals surface area (Å²) in [7, 11) is 0. The maximum Gasteiger partial charge on any atom is 0.419 e. The highest BCUT2D eigenvalue weighted by Gasteiger charge is 2.35. The van der Waals surface area contributed by atoms with Crippen LogP contribution in [0.5, 0.6) is 0 Å². The minimum Gasteiger partial charge on any atom is -0.396 e. The molecule has 0 aliphatic rings. The molecule has 0 radical (unpaired) electrons. The third-order valence-electron chi connectivity index (χ3n) is 2.32. The lowest BCUT2D eigenvalue weighted by molar-refractivity contribution is -0.137. The summed E-state index contributed by atoms with van der Waals surface area (Å²) in [6.45, 7) is 3.55. The largest absolute Gasteiger partial charge is 0.419 e. The summed E-state index contributed by atoms with van der Waals surface area (Å²) in [4.78, 5) is 3.72. The van der Waals surface area contributed by atoms with Gasteiger partial charge >= 0.3 is 6.18 Å². The second kappa shape index (κ2) is 5.44. The number of halogens is 4. The number of aliphatic hydroxyl groups is 1. The average molecular weight is 327 g/mol. The van der Waals surface area contributed by atoms with Crippen molar-refractivity contribution in [1.82, 2.24) is 4.98 Å². The van der Waals surface area contributed by atoms with E-state index in [1.807, 2.05) is 0 Å². The molecule has 0 aliphatic carbocycles. The molecule has 7 heteroatoms. The monoisotopic (exact) mass is 326 g/mol. The summed E-state index contributed by atoms with van der Waals surface area (Å²) >= 11 is 2.96. The maximum atomic E-state index is 12.8. The van der Waals surface area contributed by atoms with Gasteiger partial charge in [0.25, 0.3) is 0 Å². The van der Waals surface area contributed by atoms with E-state index in [-0.39, 0.29) is 23.4 Å². The van der Waals surface area contributed by atoms with E-state index >= 15 is 0 Å². The summed E-state index contributed by atoms with van der Waals surface area (Å²) in [6, 6.07) is 0.973. The van der Waals surface area contributed by atoms with Crippen molar-refractivity contribution in [3.05, 3.63) is 22.3 Å². The van der Waals surface area contributed by atoms with E-state index in [1.165, 1.54) is 6.20 Å². The van der Waals surface area contributed by atoms with Gasteiger partial charge in [-0.1, -0.05) is 13.8 Å². The number of aliphatic hydroxyl groups excluding tert-OH is 1. The highest BCUT2D eigenvalue weighted by Crippen LogP contribution is 2.35. The molecule has 0 fully saturated rings. The summed E-state index contributed by atoms with van der Waals surface area (Å²) in [5, 5.41) is 11.7. The molecule has 0 bridgehead atoms. The molecule has 3 nitrogen and oxygen atoms in total. The highest BCUT2D eigenvalue weighted by molar-refractivity contribution is 9.10. The molecule has 1 aromatic heterocycles. The normalized spacial score (nSPS) is 12.6. The Bertz CT molecular complexity index is 421. The van der Waals surface area contributed by atoms with Crippen LogP contribution in [0.4, 0.5) is 19.0 Å². The zero-order chi connectivity index (χ0) is 14.0. The molecule has 102 valence electrons. The number of hydrogen-bond donors (Lipinski definition) is 2. The van der Waals surface area contributed by atoms with Crippen LogP contribution in [0.3, 0.4) is 0 Å². The first-order valence-electron chi connectivity index (χ1n) is 5.23. The average Bonchev–Trinajstić information content (AvgIpc) is 2.26. The zero-order valence-corrected chi connectivity index (χ0v) is 11.6. The second-order valence-electron chi connectivity index (χ2n) is 4.72. The third kappa shape index (κ3) is 4.13. The second-order valence-corrected chi connectivity index (χ2v) is 5.64. The van der Waals surface area contributed by atoms with Crippen LogP contribution < -0.4 is 5.32 Å². The summed E-state index contributed by atoms with van der Waals surface area (Å²) in [5.74, 6) is -0.229. The Balaban J connectivity index is 2.96. The molecule has 1 heterocycles. The third-order valence-corrected chi connectivity index (χ3v) is 2.76. The molecule has 0 saturated carbocycles. The number of nitrogens with one attached hydrogen (secondary N) is 1. The van der Waals surface area contributed by atoms with Gasteiger partial charge in [-0.25, -0.2) is 4.98 Å². The standard InChI is InChI=1S/C11H14BrF3N2O/c1-10(2,6-18)5-17-9-8(11(13,14)15)3-7(12)4-16-9/h3-4,18H,5-6H2,1-2H3,(H,16,17). The molecule has 0 atom stereocenters. The molecule has 0 unspecified atom stereocenters. The van der Waals surface area contributed by atoms with E-state index in [2.05, 4.69) is 26.2 Å². The van der Waals surface area contributed by atoms with E-state index in [1.54, 1.807) is 13.8 Å². The fraction of sp³-hybridized carbons (Fsp3) is 0.545. The number of hydrogen-bond acceptors (Lipinski definition) is 3. The molecule has 0 aromatic carbocycles. The number of aromatic nitrogens is 1. The SMILES string of the molecule is CC(C)(CO)CNc1ncc(Br)cc1C(F)(F)F. The number of nitrogens with zero attached hydrogens (tertiary/aromatic N) is 1. The molecule has 0 aliphatic heterocycles. The van der Waals surface area contributed by atoms with Crippen LogP contribution >= 0.6 is 15.9 Å². The Kier molecular flexibility index (Phi) is 4.61. The molecule has 18 heavy (non-hydrogen) atoms. The lowest BCUT2D eigenvalue weighted by Gasteiger charge is -2.23. The molecule has 0 amide bonds. The molecule has 2 N–H and O–H groups in total. The zero-order valence-electron chi connectivity index (χ0n) is 9.98. The predicted octanol–water partition coefficient (Wildman–Crippen LogP) is 3.29. The van der Waals surface area contributed by atoms with Crippen molar-refractivity contribution < 1.29 is 18.3 Å². The molecule has 0 saturated heterocycles. The van der Waals surface area contributed by atoms with E-state index in [0.29, 0.717) is 0 Å². The fourth-order valence-electron chi connectivity index (χ4n) is 1.18. The van der Waals surface area contributed by atoms with Crippen molar-refractivity contribution in [3.8, 4) is 0 Å². The predicted molar refractivity (Wildman–Crippen MR) is 66.3 cm³/mol. The first kappa shape index (κ1) is 15.2. The van der Waals surface area contributed by atoms with Gasteiger partial charge in [0, 0.05) is 29.2 Å². The Labute approximate surface area is 112 Å². The van der Waals surface area contributed by atoms with Gasteiger partial charge in [-0.15, -0.1) is 0 Å². The number of rotatable bonds is 4. The van der Waals surface area contributed by atoms with Crippen molar-refractivity contribution >= 4 is 21.7 Å². The van der Waals surface area contributed by atoms with Crippen molar-refractivity contribution in [2.24, 2.45) is 5.41 Å². The Hall–Kier alpha value is -0.820. The van der Waals surface area contributed by atoms with E-state index < -0.39 is 17.2 Å². The molecular weight excluding hydrogens is 313 g/mol. The first-order valence-corrected chi connectivity index (χ1v) is 6.02. The van der Waals surface area contributed by atoms with Crippen LogP contribution in [-0.4, -0.2) is 23.2 Å². The van der Waals surface area contributed by atoms with Crippen molar-refractivity contribution in [3.63, 3.8) is 0 Å². The minimum atomic E-state index is -4.47. The Morgan fingerprint density at radius 1 is 1.39 bits per heavy atom. The van der Waals surface area contributed by atoms with Crippen LogP contribution in [0.25, 0.3) is 0 Å². The lowest BCUT2D eigenvalue weighted by Crippen LogP contribution is -2.28. The molecular formula is C11H14BrF3N2O. The van der Waals surface area contributed by atoms with Gasteiger partial charge < -0.3 is 10.4 Å². The van der Waals surface area contributed by atoms with E-state index in [0.717, 1.165) is 6.07 Å². The van der Waals surface area contributed by atoms with Crippen molar-refractivity contribution in [1.29, 1.82) is 0 Å². The summed E-state index contributed by atoms with van der Waals surface area (Å²) in [5.41, 5.74) is -1.34. The van der Waals surface area contributed by atoms with Crippen LogP contribution in [0, 0.1) is 5.41 Å². The van der Waals surface area contributed by atoms with Crippen LogP contribution in [0.15, 0.2) is 16.7 Å². The van der Waals surface area contributed by atoms with Gasteiger partial charge in [-0.2, -0.15) is 13.2 Å². The van der Waals surface area contributed by atoms with Gasteiger partial charge in [0.15, 0.2) is 0 Å². The van der Waals surface area contributed by atoms with Gasteiger partial charge in [-0.3, -0.25) is 0 Å². The topological polar surface area (TPSA) is 45.1 Å². The molecule has 0 spiro atoms. The minimum absolute atomic E-state index is 0.127. The number of pyridine rings is 1. The van der Waals surface area contributed by atoms with Gasteiger partial charge in [0.05, 0.1) is 5.56 Å². The van der Waals surface area contributed by atoms with Crippen molar-refractivity contribution in [2.45, 2.75) is 20.0 Å². The summed E-state index contributed by atoms with van der Waals surface area (Å²) in [6.07, 6.45) is -3.17. The number of anilines is 1. The van der Waals surface area contributed by atoms with E-state index in [9.17, 15) is 13.2 Å². The molecule has 1 rings (SSSR count). The summed E-state index contributed by atoms with van der Waals surface area (Å²) < 4.78 is 38.6. The lowest BCUT2D eigenvalue weighted by atomic mass is 9.95.